The molecule has 0 atom stereocenters. The van der Waals surface area contributed by atoms with Crippen molar-refractivity contribution in [2.45, 2.75) is 0 Å². The minimum absolute atomic E-state index is 0.935. The summed E-state index contributed by atoms with van der Waals surface area (Å²) in [5, 5.41) is 0. The first-order chi connectivity index (χ1) is 22.3. The average Bonchev–Trinajstić information content (AvgIpc) is 3.52. The fraction of sp³-hybridized carbons (Fsp3) is 0. The van der Waals surface area contributed by atoms with Gasteiger partial charge >= 0.3 is 0 Å². The Morgan fingerprint density at radius 1 is 0.333 bits per heavy atom. The van der Waals surface area contributed by atoms with E-state index >= 15 is 0 Å². The fourth-order valence-electron chi connectivity index (χ4n) is 5.98. The van der Waals surface area contributed by atoms with E-state index in [1.165, 1.54) is 5.56 Å². The molecule has 3 nitrogen and oxygen atoms in total. The lowest BCUT2D eigenvalue weighted by molar-refractivity contribution is 1.19. The number of rotatable bonds is 6. The van der Waals surface area contributed by atoms with Crippen LogP contribution in [-0.4, -0.2) is 14.4 Å². The number of pyridine rings is 2. The van der Waals surface area contributed by atoms with Gasteiger partial charge in [0, 0.05) is 28.5 Å². The number of imidazole rings is 1. The van der Waals surface area contributed by atoms with Crippen LogP contribution in [0.5, 0.6) is 0 Å². The van der Waals surface area contributed by atoms with Crippen LogP contribution in [-0.2, 0) is 0 Å². The maximum absolute atomic E-state index is 5.06. The first kappa shape index (κ1) is 26.6. The Labute approximate surface area is 262 Å². The van der Waals surface area contributed by atoms with Gasteiger partial charge in [-0.05, 0) is 52.6 Å². The van der Waals surface area contributed by atoms with Crippen LogP contribution in [0, 0.1) is 0 Å². The Balaban J connectivity index is 1.19. The van der Waals surface area contributed by atoms with Gasteiger partial charge in [0.15, 0.2) is 0 Å². The lowest BCUT2D eigenvalue weighted by Gasteiger charge is -2.12. The number of nitrogens with zero attached hydrogens (tertiary/aromatic N) is 3. The molecule has 0 aliphatic carbocycles. The van der Waals surface area contributed by atoms with E-state index in [9.17, 15) is 0 Å². The molecule has 3 heterocycles. The zero-order chi connectivity index (χ0) is 30.0. The monoisotopic (exact) mass is 575 g/mol. The van der Waals surface area contributed by atoms with Crippen molar-refractivity contribution in [3.63, 3.8) is 0 Å². The van der Waals surface area contributed by atoms with Crippen molar-refractivity contribution in [1.82, 2.24) is 14.4 Å². The van der Waals surface area contributed by atoms with E-state index in [4.69, 9.17) is 9.97 Å². The maximum Gasteiger partial charge on any atom is 0.137 e. The first-order valence-electron chi connectivity index (χ1n) is 15.2. The lowest BCUT2D eigenvalue weighted by Crippen LogP contribution is -1.91. The van der Waals surface area contributed by atoms with Gasteiger partial charge in [-0.15, -0.1) is 0 Å². The van der Waals surface area contributed by atoms with Gasteiger partial charge in [-0.25, -0.2) is 9.97 Å². The zero-order valence-electron chi connectivity index (χ0n) is 24.6. The highest BCUT2D eigenvalue weighted by atomic mass is 15.0. The molecule has 0 spiro atoms. The van der Waals surface area contributed by atoms with E-state index < -0.39 is 0 Å². The van der Waals surface area contributed by atoms with Gasteiger partial charge in [-0.2, -0.15) is 0 Å². The summed E-state index contributed by atoms with van der Waals surface area (Å²) in [5.74, 6) is 0. The molecule has 0 amide bonds. The Morgan fingerprint density at radius 2 is 0.844 bits per heavy atom. The fourth-order valence-corrected chi connectivity index (χ4v) is 5.98. The standard InChI is InChI=1S/C42H29N3/c1-4-13-31(14-5-1)38-28-37(29-39(43-38)32-15-6-2-7-16-32)36-20-12-19-35(27-36)30-22-24-34(25-23-30)42-41(33-17-8-3-9-18-33)44-40-21-10-11-26-45(40)42/h1-29H. The molecule has 8 aromatic rings. The molecule has 8 rings (SSSR count). The van der Waals surface area contributed by atoms with Gasteiger partial charge in [0.25, 0.3) is 0 Å². The molecular weight excluding hydrogens is 546 g/mol. The second kappa shape index (κ2) is 11.6. The van der Waals surface area contributed by atoms with Crippen molar-refractivity contribution in [3.8, 4) is 67.3 Å². The summed E-state index contributed by atoms with van der Waals surface area (Å²) < 4.78 is 2.18. The van der Waals surface area contributed by atoms with Crippen molar-refractivity contribution < 1.29 is 0 Å². The third-order valence-electron chi connectivity index (χ3n) is 8.23. The third-order valence-corrected chi connectivity index (χ3v) is 8.23. The summed E-state index contributed by atoms with van der Waals surface area (Å²) in [6, 6.07) is 59.3. The molecule has 212 valence electrons. The van der Waals surface area contributed by atoms with Gasteiger partial charge < -0.3 is 0 Å². The SMILES string of the molecule is c1ccc(-c2cc(-c3cccc(-c4ccc(-c5c(-c6ccccc6)nc6ccccn56)cc4)c3)cc(-c3ccccc3)n2)cc1. The molecule has 0 fully saturated rings. The molecule has 0 bridgehead atoms. The zero-order valence-corrected chi connectivity index (χ0v) is 24.6. The molecule has 45 heavy (non-hydrogen) atoms. The lowest BCUT2D eigenvalue weighted by atomic mass is 9.96. The van der Waals surface area contributed by atoms with Crippen LogP contribution >= 0.6 is 0 Å². The summed E-state index contributed by atoms with van der Waals surface area (Å²) in [5.41, 5.74) is 14.0. The number of hydrogen-bond donors (Lipinski definition) is 0. The van der Waals surface area contributed by atoms with E-state index in [0.717, 1.165) is 67.4 Å². The van der Waals surface area contributed by atoms with Crippen LogP contribution in [0.2, 0.25) is 0 Å². The Morgan fingerprint density at radius 3 is 1.47 bits per heavy atom. The van der Waals surface area contributed by atoms with Gasteiger partial charge in [0.2, 0.25) is 0 Å². The van der Waals surface area contributed by atoms with Crippen molar-refractivity contribution in [2.75, 3.05) is 0 Å². The number of hydrogen-bond acceptors (Lipinski definition) is 2. The normalized spacial score (nSPS) is 11.1. The predicted octanol–water partition coefficient (Wildman–Crippen LogP) is 10.7. The minimum atomic E-state index is 0.935. The number of benzene rings is 5. The second-order valence-corrected chi connectivity index (χ2v) is 11.1. The van der Waals surface area contributed by atoms with Gasteiger partial charge in [0.1, 0.15) is 5.65 Å². The van der Waals surface area contributed by atoms with Crippen LogP contribution in [0.25, 0.3) is 72.9 Å². The van der Waals surface area contributed by atoms with Crippen LogP contribution in [0.3, 0.4) is 0 Å². The Hall–Kier alpha value is -6.06. The highest BCUT2D eigenvalue weighted by Gasteiger charge is 2.16. The van der Waals surface area contributed by atoms with Gasteiger partial charge in [-0.3, -0.25) is 4.40 Å². The van der Waals surface area contributed by atoms with E-state index in [2.05, 4.69) is 156 Å². The predicted molar refractivity (Wildman–Crippen MR) is 186 cm³/mol. The van der Waals surface area contributed by atoms with Crippen LogP contribution < -0.4 is 0 Å². The van der Waals surface area contributed by atoms with Gasteiger partial charge in [0.05, 0.1) is 22.8 Å². The summed E-state index contributed by atoms with van der Waals surface area (Å²) in [4.78, 5) is 10.1. The molecule has 0 aliphatic rings. The van der Waals surface area contributed by atoms with Crippen LogP contribution in [0.15, 0.2) is 176 Å². The quantitative estimate of drug-likeness (QED) is 0.197. The molecule has 0 saturated carbocycles. The summed E-state index contributed by atoms with van der Waals surface area (Å²) in [6.07, 6.45) is 2.09. The number of fused-ring (bicyclic) bond motifs is 1. The molecule has 3 aromatic heterocycles. The van der Waals surface area contributed by atoms with Gasteiger partial charge in [-0.1, -0.05) is 140 Å². The molecule has 0 aliphatic heterocycles. The molecule has 0 N–H and O–H groups in total. The topological polar surface area (TPSA) is 30.2 Å². The molecular formula is C42H29N3. The second-order valence-electron chi connectivity index (χ2n) is 11.1. The van der Waals surface area contributed by atoms with E-state index in [-0.39, 0.29) is 0 Å². The van der Waals surface area contributed by atoms with Crippen molar-refractivity contribution in [1.29, 1.82) is 0 Å². The molecule has 0 saturated heterocycles. The van der Waals surface area contributed by atoms with Crippen LogP contribution in [0.1, 0.15) is 0 Å². The smallest absolute Gasteiger partial charge is 0.137 e. The Bertz CT molecular complexity index is 2180. The summed E-state index contributed by atoms with van der Waals surface area (Å²) in [7, 11) is 0. The minimum Gasteiger partial charge on any atom is -0.299 e. The maximum atomic E-state index is 5.06. The first-order valence-corrected chi connectivity index (χ1v) is 15.2. The third kappa shape index (κ3) is 5.21. The van der Waals surface area contributed by atoms with E-state index in [1.54, 1.807) is 0 Å². The van der Waals surface area contributed by atoms with E-state index in [1.807, 2.05) is 24.3 Å². The van der Waals surface area contributed by atoms with E-state index in [0.29, 0.717) is 0 Å². The highest BCUT2D eigenvalue weighted by Crippen LogP contribution is 2.36. The molecule has 0 unspecified atom stereocenters. The largest absolute Gasteiger partial charge is 0.299 e. The molecule has 5 aromatic carbocycles. The Kier molecular flexibility index (Phi) is 6.82. The van der Waals surface area contributed by atoms with Crippen molar-refractivity contribution >= 4 is 5.65 Å². The van der Waals surface area contributed by atoms with Crippen molar-refractivity contribution in [3.05, 3.63) is 176 Å². The number of aromatic nitrogens is 3. The molecule has 3 heteroatoms. The van der Waals surface area contributed by atoms with Crippen molar-refractivity contribution in [2.24, 2.45) is 0 Å². The highest BCUT2D eigenvalue weighted by molar-refractivity contribution is 5.84. The van der Waals surface area contributed by atoms with Crippen LogP contribution in [0.4, 0.5) is 0 Å². The molecule has 0 radical (unpaired) electrons. The summed E-state index contributed by atoms with van der Waals surface area (Å²) >= 11 is 0. The average molecular weight is 576 g/mol. The summed E-state index contributed by atoms with van der Waals surface area (Å²) in [6.45, 7) is 0.